The van der Waals surface area contributed by atoms with Gasteiger partial charge in [-0.1, -0.05) is 49.6 Å². The fourth-order valence-corrected chi connectivity index (χ4v) is 6.69. The fraction of sp³-hybridized carbons (Fsp3) is 0.419. The van der Waals surface area contributed by atoms with Gasteiger partial charge < -0.3 is 14.2 Å². The molecule has 8 heteroatoms. The van der Waals surface area contributed by atoms with Gasteiger partial charge in [0.1, 0.15) is 0 Å². The summed E-state index contributed by atoms with van der Waals surface area (Å²) in [7, 11) is 3.79. The molecule has 3 aromatic rings. The van der Waals surface area contributed by atoms with Gasteiger partial charge in [-0.2, -0.15) is 0 Å². The van der Waals surface area contributed by atoms with Crippen LogP contribution in [0.15, 0.2) is 48.0 Å². The lowest BCUT2D eigenvalue weighted by Gasteiger charge is -2.28. The van der Waals surface area contributed by atoms with Gasteiger partial charge in [0.25, 0.3) is 11.8 Å². The second-order valence-corrected chi connectivity index (χ2v) is 12.0. The topological polar surface area (TPSA) is 66.8 Å². The number of nitrogens with one attached hydrogen (secondary N) is 1. The van der Waals surface area contributed by atoms with E-state index in [1.165, 1.54) is 60.9 Å². The molecule has 2 aliphatic heterocycles. The molecule has 2 amide bonds. The number of hydrogen-bond donors (Lipinski definition) is 1. The SMILES string of the molecule is CN(C)SNC(=O)c1ccc2c(C3CCCCC3)c3n(c2c1)CC(C(=O)N1CCOCC1)=Cc1ccccc1-3. The quantitative estimate of drug-likeness (QED) is 0.432. The Hall–Kier alpha value is -3.07. The van der Waals surface area contributed by atoms with Crippen LogP contribution in [0.25, 0.3) is 28.2 Å². The summed E-state index contributed by atoms with van der Waals surface area (Å²) < 4.78 is 12.6. The third kappa shape index (κ3) is 5.13. The lowest BCUT2D eigenvalue weighted by atomic mass is 9.81. The van der Waals surface area contributed by atoms with E-state index < -0.39 is 0 Å². The molecule has 0 spiro atoms. The summed E-state index contributed by atoms with van der Waals surface area (Å²) in [4.78, 5) is 28.8. The molecule has 1 aliphatic carbocycles. The van der Waals surface area contributed by atoms with Gasteiger partial charge in [-0.05, 0) is 62.2 Å². The molecule has 0 atom stereocenters. The molecule has 1 saturated carbocycles. The minimum Gasteiger partial charge on any atom is -0.378 e. The van der Waals surface area contributed by atoms with Crippen molar-refractivity contribution in [3.05, 3.63) is 64.7 Å². The minimum absolute atomic E-state index is 0.0679. The Morgan fingerprint density at radius 2 is 1.79 bits per heavy atom. The number of hydrogen-bond acceptors (Lipinski definition) is 5. The van der Waals surface area contributed by atoms with Crippen LogP contribution >= 0.6 is 12.1 Å². The summed E-state index contributed by atoms with van der Waals surface area (Å²) in [6.45, 7) is 2.84. The van der Waals surface area contributed by atoms with E-state index in [1.807, 2.05) is 35.4 Å². The van der Waals surface area contributed by atoms with Crippen molar-refractivity contribution in [2.75, 3.05) is 40.4 Å². The molecule has 0 radical (unpaired) electrons. The Balaban J connectivity index is 1.53. The largest absolute Gasteiger partial charge is 0.378 e. The maximum atomic E-state index is 13.8. The number of ether oxygens (including phenoxy) is 1. The molecule has 204 valence electrons. The molecule has 3 heterocycles. The van der Waals surface area contributed by atoms with E-state index >= 15 is 0 Å². The Morgan fingerprint density at radius 1 is 1.03 bits per heavy atom. The van der Waals surface area contributed by atoms with Crippen molar-refractivity contribution < 1.29 is 14.3 Å². The Bertz CT molecular complexity index is 1430. The molecule has 0 unspecified atom stereocenters. The second kappa shape index (κ2) is 11.2. The third-order valence-corrected chi connectivity index (χ3v) is 8.79. The van der Waals surface area contributed by atoms with Gasteiger partial charge in [-0.25, -0.2) is 4.31 Å². The highest BCUT2D eigenvalue weighted by Crippen LogP contribution is 2.46. The zero-order chi connectivity index (χ0) is 26.9. The average Bonchev–Trinajstić information content (AvgIpc) is 3.18. The predicted octanol–water partition coefficient (Wildman–Crippen LogP) is 5.47. The van der Waals surface area contributed by atoms with Crippen molar-refractivity contribution in [2.45, 2.75) is 44.6 Å². The standard InChI is InChI=1S/C31H36N4O3S/c1-33(2)39-32-30(36)23-12-13-26-27(19-23)35-20-24(31(37)34-14-16-38-17-15-34)18-22-10-6-7-11-25(22)29(35)28(26)21-8-4-3-5-9-21/h6-7,10-13,18-19,21H,3-5,8-9,14-17,20H2,1-2H3,(H,32,36). The van der Waals surface area contributed by atoms with Crippen LogP contribution in [-0.2, 0) is 16.1 Å². The average molecular weight is 545 g/mol. The van der Waals surface area contributed by atoms with Crippen LogP contribution < -0.4 is 4.72 Å². The van der Waals surface area contributed by atoms with Gasteiger partial charge in [-0.3, -0.25) is 14.3 Å². The van der Waals surface area contributed by atoms with Crippen LogP contribution in [0.5, 0.6) is 0 Å². The molecule has 0 bridgehead atoms. The molecule has 1 aromatic heterocycles. The molecule has 1 N–H and O–H groups in total. The van der Waals surface area contributed by atoms with Crippen molar-refractivity contribution in [2.24, 2.45) is 0 Å². The molecule has 7 nitrogen and oxygen atoms in total. The number of rotatable bonds is 5. The smallest absolute Gasteiger partial charge is 0.262 e. The van der Waals surface area contributed by atoms with Crippen LogP contribution in [0, 0.1) is 0 Å². The first-order valence-electron chi connectivity index (χ1n) is 14.0. The van der Waals surface area contributed by atoms with E-state index in [9.17, 15) is 9.59 Å². The molecular weight excluding hydrogens is 508 g/mol. The van der Waals surface area contributed by atoms with Crippen molar-refractivity contribution in [3.63, 3.8) is 0 Å². The van der Waals surface area contributed by atoms with Gasteiger partial charge in [0.2, 0.25) is 0 Å². The highest BCUT2D eigenvalue weighted by molar-refractivity contribution is 7.95. The number of benzene rings is 2. The zero-order valence-electron chi connectivity index (χ0n) is 22.7. The maximum Gasteiger partial charge on any atom is 0.262 e. The van der Waals surface area contributed by atoms with Crippen molar-refractivity contribution in [3.8, 4) is 11.3 Å². The minimum atomic E-state index is -0.125. The highest BCUT2D eigenvalue weighted by Gasteiger charge is 2.31. The molecule has 39 heavy (non-hydrogen) atoms. The number of amides is 2. The third-order valence-electron chi connectivity index (χ3n) is 8.15. The van der Waals surface area contributed by atoms with Gasteiger partial charge in [0.15, 0.2) is 0 Å². The van der Waals surface area contributed by atoms with Crippen LogP contribution in [0.3, 0.4) is 0 Å². The maximum absolute atomic E-state index is 13.8. The Labute approximate surface area is 234 Å². The van der Waals surface area contributed by atoms with Crippen LogP contribution in [0.1, 0.15) is 59.5 Å². The van der Waals surface area contributed by atoms with Gasteiger partial charge in [0, 0.05) is 52.8 Å². The van der Waals surface area contributed by atoms with Crippen LogP contribution in [0.2, 0.25) is 0 Å². The first kappa shape index (κ1) is 26.2. The molecule has 2 aromatic carbocycles. The monoisotopic (exact) mass is 544 g/mol. The summed E-state index contributed by atoms with van der Waals surface area (Å²) in [5.74, 6) is 0.406. The number of morpholine rings is 1. The predicted molar refractivity (Wildman–Crippen MR) is 157 cm³/mol. The summed E-state index contributed by atoms with van der Waals surface area (Å²) >= 11 is 1.27. The van der Waals surface area contributed by atoms with Gasteiger partial charge >= 0.3 is 0 Å². The lowest BCUT2D eigenvalue weighted by Crippen LogP contribution is -2.41. The van der Waals surface area contributed by atoms with Crippen LogP contribution in [0.4, 0.5) is 0 Å². The number of nitrogens with zero attached hydrogens (tertiary/aromatic N) is 3. The van der Waals surface area contributed by atoms with Gasteiger partial charge in [0.05, 0.1) is 25.5 Å². The number of carbonyl (C=O) groups is 2. The van der Waals surface area contributed by atoms with E-state index in [0.717, 1.165) is 22.2 Å². The molecular formula is C31H36N4O3S. The number of fused-ring (bicyclic) bond motifs is 5. The molecule has 3 aliphatic rings. The number of carbonyl (C=O) groups excluding carboxylic acids is 2. The molecule has 6 rings (SSSR count). The second-order valence-electron chi connectivity index (χ2n) is 10.9. The Morgan fingerprint density at radius 3 is 2.56 bits per heavy atom. The first-order valence-corrected chi connectivity index (χ1v) is 14.8. The van der Waals surface area contributed by atoms with Crippen molar-refractivity contribution in [1.29, 1.82) is 0 Å². The molecule has 1 saturated heterocycles. The first-order chi connectivity index (χ1) is 19.0. The van der Waals surface area contributed by atoms with Gasteiger partial charge in [-0.15, -0.1) is 0 Å². The van der Waals surface area contributed by atoms with E-state index in [0.29, 0.717) is 44.3 Å². The summed E-state index contributed by atoms with van der Waals surface area (Å²) in [5.41, 5.74) is 7.23. The summed E-state index contributed by atoms with van der Waals surface area (Å²) in [6.07, 6.45) is 8.18. The van der Waals surface area contributed by atoms with Crippen molar-refractivity contribution in [1.82, 2.24) is 18.5 Å². The lowest BCUT2D eigenvalue weighted by molar-refractivity contribution is -0.131. The Kier molecular flexibility index (Phi) is 7.51. The summed E-state index contributed by atoms with van der Waals surface area (Å²) in [5, 5.41) is 1.20. The van der Waals surface area contributed by atoms with E-state index in [4.69, 9.17) is 4.74 Å². The highest BCUT2D eigenvalue weighted by atomic mass is 32.2. The normalized spacial score (nSPS) is 17.9. The van der Waals surface area contributed by atoms with Crippen molar-refractivity contribution >= 4 is 40.9 Å². The molecule has 2 fully saturated rings. The van der Waals surface area contributed by atoms with E-state index in [-0.39, 0.29) is 11.8 Å². The van der Waals surface area contributed by atoms with E-state index in [1.54, 1.807) is 0 Å². The zero-order valence-corrected chi connectivity index (χ0v) is 23.6. The fourth-order valence-electron chi connectivity index (χ4n) is 6.31. The number of aromatic nitrogens is 1. The summed E-state index contributed by atoms with van der Waals surface area (Å²) in [6, 6.07) is 14.5. The van der Waals surface area contributed by atoms with E-state index in [2.05, 4.69) is 45.7 Å². The van der Waals surface area contributed by atoms with Crippen LogP contribution in [-0.4, -0.2) is 66.0 Å².